The first-order valence-corrected chi connectivity index (χ1v) is 10.1. The fraction of sp³-hybridized carbons (Fsp3) is 1.00. The molecule has 0 aliphatic heterocycles. The van der Waals surface area contributed by atoms with E-state index in [1.807, 2.05) is 0 Å². The fourth-order valence-electron chi connectivity index (χ4n) is 1.75. The summed E-state index contributed by atoms with van der Waals surface area (Å²) in [7, 11) is -8.90. The van der Waals surface area contributed by atoms with Crippen LogP contribution in [0.5, 0.6) is 0 Å². The van der Waals surface area contributed by atoms with Crippen molar-refractivity contribution in [3.63, 3.8) is 0 Å². The van der Waals surface area contributed by atoms with E-state index in [0.717, 1.165) is 12.8 Å². The van der Waals surface area contributed by atoms with Crippen LogP contribution >= 0.6 is 0 Å². The van der Waals surface area contributed by atoms with Crippen LogP contribution in [-0.2, 0) is 25.0 Å². The summed E-state index contributed by atoms with van der Waals surface area (Å²) in [6, 6.07) is 0. The van der Waals surface area contributed by atoms with Crippen LogP contribution in [0.3, 0.4) is 0 Å². The summed E-state index contributed by atoms with van der Waals surface area (Å²) in [5, 5.41) is 0. The molecule has 0 heterocycles. The average molecular weight is 406 g/mol. The van der Waals surface area contributed by atoms with Crippen LogP contribution in [0, 0.1) is 0 Å². The molecule has 146 valence electrons. The van der Waals surface area contributed by atoms with Crippen LogP contribution in [-0.4, -0.2) is 72.1 Å². The molecule has 0 aromatic rings. The number of hydrogen-bond acceptors (Lipinski definition) is 5. The van der Waals surface area contributed by atoms with Crippen molar-refractivity contribution < 1.29 is 40.2 Å². The summed E-state index contributed by atoms with van der Waals surface area (Å²) in [6.07, 6.45) is 11.9. The summed E-state index contributed by atoms with van der Waals surface area (Å²) < 4.78 is 64.6. The second kappa shape index (κ2) is 20.0. The van der Waals surface area contributed by atoms with Crippen molar-refractivity contribution in [3.8, 4) is 0 Å². The maximum atomic E-state index is 10.2. The van der Waals surface area contributed by atoms with Gasteiger partial charge in [-0.3, -0.25) is 13.7 Å². The van der Waals surface area contributed by atoms with Crippen LogP contribution in [0.15, 0.2) is 0 Å². The van der Waals surface area contributed by atoms with E-state index in [-0.39, 0.29) is 41.6 Å². The third-order valence-corrected chi connectivity index (χ3v) is 3.19. The monoisotopic (exact) mass is 406 g/mol. The second-order valence-electron chi connectivity index (χ2n) is 4.88. The quantitative estimate of drug-likeness (QED) is 0.249. The van der Waals surface area contributed by atoms with E-state index in [4.69, 9.17) is 22.1 Å². The molecular weight excluding hydrogens is 375 g/mol. The Bertz CT molecular complexity index is 429. The third kappa shape index (κ3) is 49.5. The molecule has 0 aliphatic carbocycles. The van der Waals surface area contributed by atoms with Gasteiger partial charge in [0.15, 0.2) is 0 Å². The van der Waals surface area contributed by atoms with Gasteiger partial charge in [0.2, 0.25) is 0 Å². The molecule has 0 saturated carbocycles. The zero-order chi connectivity index (χ0) is 17.5. The molecule has 12 heteroatoms. The Morgan fingerprint density at radius 2 is 1.00 bits per heavy atom. The van der Waals surface area contributed by atoms with Crippen LogP contribution in [0.2, 0.25) is 0 Å². The minimum atomic E-state index is -4.67. The normalized spacial score (nSPS) is 10.8. The Balaban J connectivity index is -0.000000250. The van der Waals surface area contributed by atoms with Gasteiger partial charge in [-0.2, -0.15) is 16.8 Å². The van der Waals surface area contributed by atoms with Crippen molar-refractivity contribution in [1.29, 1.82) is 0 Å². The molecule has 24 heavy (non-hydrogen) atoms. The van der Waals surface area contributed by atoms with Gasteiger partial charge in [-0.25, -0.2) is 4.18 Å². The molecule has 0 fully saturated rings. The molecule has 5 N–H and O–H groups in total. The summed E-state index contributed by atoms with van der Waals surface area (Å²) in [6.45, 7) is 2.31. The first-order valence-electron chi connectivity index (χ1n) is 7.38. The predicted molar refractivity (Wildman–Crippen MR) is 94.3 cm³/mol. The Labute approximate surface area is 167 Å². The summed E-state index contributed by atoms with van der Waals surface area (Å²) in [5.41, 5.74) is 0. The van der Waals surface area contributed by atoms with Gasteiger partial charge >= 0.3 is 50.4 Å². The minimum absolute atomic E-state index is 0. The number of rotatable bonds is 12. The number of hydrogen-bond donors (Lipinski definition) is 3. The SMILES string of the molecule is CCCCCCCCCCCCOS(=O)(=O)O.O.O=S(=O)(O)O.[NaH]. The van der Waals surface area contributed by atoms with Gasteiger partial charge in [-0.05, 0) is 6.42 Å². The van der Waals surface area contributed by atoms with E-state index in [1.54, 1.807) is 0 Å². The van der Waals surface area contributed by atoms with Crippen molar-refractivity contribution in [1.82, 2.24) is 0 Å². The Hall–Kier alpha value is 0.700. The summed E-state index contributed by atoms with van der Waals surface area (Å²) >= 11 is 0. The maximum absolute atomic E-state index is 10.2. The molecule has 0 aliphatic rings. The van der Waals surface area contributed by atoms with E-state index in [9.17, 15) is 8.42 Å². The molecule has 9 nitrogen and oxygen atoms in total. The molecule has 0 bridgehead atoms. The van der Waals surface area contributed by atoms with Crippen molar-refractivity contribution in [2.24, 2.45) is 0 Å². The summed E-state index contributed by atoms with van der Waals surface area (Å²) in [5.74, 6) is 0. The van der Waals surface area contributed by atoms with Crippen molar-refractivity contribution in [2.75, 3.05) is 6.61 Å². The van der Waals surface area contributed by atoms with Crippen molar-refractivity contribution in [2.45, 2.75) is 71.1 Å². The van der Waals surface area contributed by atoms with Crippen LogP contribution in [0.4, 0.5) is 0 Å². The van der Waals surface area contributed by atoms with Gasteiger partial charge in [0, 0.05) is 0 Å². The zero-order valence-electron chi connectivity index (χ0n) is 13.5. The Kier molecular flexibility index (Phi) is 27.0. The van der Waals surface area contributed by atoms with Gasteiger partial charge in [0.05, 0.1) is 6.61 Å². The van der Waals surface area contributed by atoms with E-state index >= 15 is 0 Å². The first-order chi connectivity index (χ1) is 10.1. The van der Waals surface area contributed by atoms with Crippen molar-refractivity contribution >= 4 is 50.4 Å². The second-order valence-corrected chi connectivity index (χ2v) is 6.87. The van der Waals surface area contributed by atoms with Gasteiger partial charge in [0.1, 0.15) is 0 Å². The summed E-state index contributed by atoms with van der Waals surface area (Å²) in [4.78, 5) is 0. The van der Waals surface area contributed by atoms with Crippen molar-refractivity contribution in [3.05, 3.63) is 0 Å². The van der Waals surface area contributed by atoms with E-state index in [0.29, 0.717) is 6.42 Å². The molecule has 0 atom stereocenters. The van der Waals surface area contributed by atoms with E-state index in [2.05, 4.69) is 11.1 Å². The molecular formula is C12H31NaO9S2. The van der Waals surface area contributed by atoms with Gasteiger partial charge in [0.25, 0.3) is 0 Å². The molecule has 0 aromatic carbocycles. The van der Waals surface area contributed by atoms with Gasteiger partial charge < -0.3 is 5.48 Å². The molecule has 0 amide bonds. The van der Waals surface area contributed by atoms with E-state index in [1.165, 1.54) is 44.9 Å². The first kappa shape index (κ1) is 32.4. The fourth-order valence-corrected chi connectivity index (χ4v) is 2.08. The van der Waals surface area contributed by atoms with Crippen LogP contribution in [0.25, 0.3) is 0 Å². The molecule has 0 radical (unpaired) electrons. The third-order valence-electron chi connectivity index (χ3n) is 2.73. The van der Waals surface area contributed by atoms with E-state index < -0.39 is 20.8 Å². The Morgan fingerprint density at radius 3 is 1.29 bits per heavy atom. The molecule has 0 unspecified atom stereocenters. The number of unbranched alkanes of at least 4 members (excludes halogenated alkanes) is 9. The Morgan fingerprint density at radius 1 is 0.708 bits per heavy atom. The van der Waals surface area contributed by atoms with Crippen LogP contribution in [0.1, 0.15) is 71.1 Å². The molecule has 0 aromatic heterocycles. The van der Waals surface area contributed by atoms with Gasteiger partial charge in [-0.15, -0.1) is 0 Å². The standard InChI is InChI=1S/C12H26O4S.Na.H2O4S.H2O.H/c1-2-3-4-5-6-7-8-9-10-11-12-16-17(13,14)15;;1-5(2,3)4;;/h2-12H2,1H3,(H,13,14,15);;(H2,1,2,3,4);1H2;. The zero-order valence-corrected chi connectivity index (χ0v) is 15.1. The predicted octanol–water partition coefficient (Wildman–Crippen LogP) is 1.60. The molecule has 0 rings (SSSR count). The average Bonchev–Trinajstić information content (AvgIpc) is 2.32. The van der Waals surface area contributed by atoms with Crippen LogP contribution < -0.4 is 0 Å². The topological polar surface area (TPSA) is 170 Å². The molecule has 0 saturated heterocycles. The molecule has 0 spiro atoms. The van der Waals surface area contributed by atoms with Gasteiger partial charge in [-0.1, -0.05) is 64.7 Å².